The fraction of sp³-hybridized carbons (Fsp3) is 0.600. The molecule has 1 saturated heterocycles. The van der Waals surface area contributed by atoms with Crippen LogP contribution in [-0.4, -0.2) is 32.0 Å². The van der Waals surface area contributed by atoms with Crippen LogP contribution in [0.3, 0.4) is 0 Å². The molecule has 0 radical (unpaired) electrons. The number of hydrogen-bond acceptors (Lipinski definition) is 3. The minimum Gasteiger partial charge on any atom is -0.381 e. The van der Waals surface area contributed by atoms with Crippen LogP contribution in [0.5, 0.6) is 0 Å². The van der Waals surface area contributed by atoms with Crippen molar-refractivity contribution in [2.75, 3.05) is 20.3 Å². The predicted molar refractivity (Wildman–Crippen MR) is 72.7 cm³/mol. The van der Waals surface area contributed by atoms with Crippen molar-refractivity contribution in [3.8, 4) is 0 Å². The number of nitrogens with two attached hydrogens (primary N) is 1. The minimum absolute atomic E-state index is 0.0208. The third-order valence-electron chi connectivity index (χ3n) is 4.12. The highest BCUT2D eigenvalue weighted by atomic mass is 16.5. The van der Waals surface area contributed by atoms with Crippen molar-refractivity contribution in [1.82, 2.24) is 0 Å². The molecule has 0 saturated carbocycles. The molecule has 3 nitrogen and oxygen atoms in total. The quantitative estimate of drug-likeness (QED) is 0.888. The summed E-state index contributed by atoms with van der Waals surface area (Å²) < 4.78 is 11.2. The van der Waals surface area contributed by atoms with Crippen molar-refractivity contribution in [3.63, 3.8) is 0 Å². The Morgan fingerprint density at radius 1 is 1.33 bits per heavy atom. The molecule has 1 aromatic rings. The Bertz CT molecular complexity index is 386. The van der Waals surface area contributed by atoms with Gasteiger partial charge in [0.25, 0.3) is 0 Å². The Morgan fingerprint density at radius 2 is 2.00 bits per heavy atom. The molecule has 0 aromatic heterocycles. The second kappa shape index (κ2) is 5.83. The molecular formula is C15H23NO2. The van der Waals surface area contributed by atoms with Crippen LogP contribution >= 0.6 is 0 Å². The van der Waals surface area contributed by atoms with E-state index in [1.807, 2.05) is 0 Å². The van der Waals surface area contributed by atoms with Crippen LogP contribution in [0.25, 0.3) is 0 Å². The molecule has 1 aliphatic heterocycles. The van der Waals surface area contributed by atoms with E-state index in [2.05, 4.69) is 31.2 Å². The van der Waals surface area contributed by atoms with Gasteiger partial charge in [-0.2, -0.15) is 0 Å². The van der Waals surface area contributed by atoms with Gasteiger partial charge in [0.15, 0.2) is 0 Å². The van der Waals surface area contributed by atoms with Crippen LogP contribution in [0, 0.1) is 6.92 Å². The molecule has 1 unspecified atom stereocenters. The molecule has 1 fully saturated rings. The summed E-state index contributed by atoms with van der Waals surface area (Å²) in [7, 11) is 1.77. The van der Waals surface area contributed by atoms with Gasteiger partial charge in [0.2, 0.25) is 0 Å². The van der Waals surface area contributed by atoms with E-state index in [1.54, 1.807) is 7.11 Å². The lowest BCUT2D eigenvalue weighted by molar-refractivity contribution is -0.103. The maximum absolute atomic E-state index is 6.41. The Kier molecular flexibility index (Phi) is 4.38. The summed E-state index contributed by atoms with van der Waals surface area (Å²) in [5.41, 5.74) is 8.80. The normalized spacial score (nSPS) is 20.6. The number of rotatable bonds is 4. The molecule has 100 valence electrons. The predicted octanol–water partition coefficient (Wildman–Crippen LogP) is 2.06. The lowest BCUT2D eigenvalue weighted by atomic mass is 9.82. The smallest absolute Gasteiger partial charge is 0.0875 e. The van der Waals surface area contributed by atoms with Gasteiger partial charge in [-0.3, -0.25) is 0 Å². The lowest BCUT2D eigenvalue weighted by Crippen LogP contribution is -2.54. The summed E-state index contributed by atoms with van der Waals surface area (Å²) in [4.78, 5) is 0. The van der Waals surface area contributed by atoms with Gasteiger partial charge >= 0.3 is 0 Å². The van der Waals surface area contributed by atoms with Crippen molar-refractivity contribution < 1.29 is 9.47 Å². The van der Waals surface area contributed by atoms with E-state index in [-0.39, 0.29) is 11.6 Å². The first-order valence-corrected chi connectivity index (χ1v) is 6.61. The zero-order valence-electron chi connectivity index (χ0n) is 11.3. The van der Waals surface area contributed by atoms with Crippen molar-refractivity contribution in [2.45, 2.75) is 37.8 Å². The summed E-state index contributed by atoms with van der Waals surface area (Å²) >= 11 is 0. The van der Waals surface area contributed by atoms with Crippen LogP contribution < -0.4 is 5.73 Å². The second-order valence-corrected chi connectivity index (χ2v) is 5.12. The molecular weight excluding hydrogens is 226 g/mol. The van der Waals surface area contributed by atoms with Gasteiger partial charge < -0.3 is 15.2 Å². The first-order valence-electron chi connectivity index (χ1n) is 6.61. The number of ether oxygens (including phenoxy) is 2. The Hall–Kier alpha value is -0.900. The average molecular weight is 249 g/mol. The number of aryl methyl sites for hydroxylation is 1. The number of hydrogen-bond donors (Lipinski definition) is 1. The summed E-state index contributed by atoms with van der Waals surface area (Å²) in [6, 6.07) is 8.43. The number of methoxy groups -OCH3 is 1. The minimum atomic E-state index is -0.222. The lowest BCUT2D eigenvalue weighted by Gasteiger charge is -2.40. The molecule has 1 aromatic carbocycles. The van der Waals surface area contributed by atoms with Crippen LogP contribution in [0.4, 0.5) is 0 Å². The van der Waals surface area contributed by atoms with Crippen molar-refractivity contribution >= 4 is 0 Å². The van der Waals surface area contributed by atoms with Crippen LogP contribution in [0.1, 0.15) is 24.0 Å². The van der Waals surface area contributed by atoms with E-state index in [1.165, 1.54) is 11.1 Å². The maximum Gasteiger partial charge on any atom is 0.0875 e. The average Bonchev–Trinajstić information content (AvgIpc) is 2.42. The highest BCUT2D eigenvalue weighted by molar-refractivity contribution is 5.27. The molecule has 1 heterocycles. The second-order valence-electron chi connectivity index (χ2n) is 5.12. The molecule has 3 heteroatoms. The summed E-state index contributed by atoms with van der Waals surface area (Å²) in [5, 5.41) is 0. The molecule has 2 N–H and O–H groups in total. The fourth-order valence-electron chi connectivity index (χ4n) is 2.71. The Labute approximate surface area is 109 Å². The van der Waals surface area contributed by atoms with Gasteiger partial charge in [-0.15, -0.1) is 0 Å². The Balaban J connectivity index is 2.10. The van der Waals surface area contributed by atoms with E-state index >= 15 is 0 Å². The van der Waals surface area contributed by atoms with Gasteiger partial charge in [-0.1, -0.05) is 24.3 Å². The fourth-order valence-corrected chi connectivity index (χ4v) is 2.71. The van der Waals surface area contributed by atoms with Crippen LogP contribution in [0.2, 0.25) is 0 Å². The molecule has 0 spiro atoms. The van der Waals surface area contributed by atoms with Crippen molar-refractivity contribution in [3.05, 3.63) is 35.4 Å². The van der Waals surface area contributed by atoms with E-state index in [9.17, 15) is 0 Å². The monoisotopic (exact) mass is 249 g/mol. The summed E-state index contributed by atoms with van der Waals surface area (Å²) in [6.07, 6.45) is 2.63. The standard InChI is InChI=1S/C15H23NO2/c1-12-5-3-4-6-13(12)11-14(16)15(17-2)7-9-18-10-8-15/h3-6,14H,7-11,16H2,1-2H3. The third-order valence-corrected chi connectivity index (χ3v) is 4.12. The first kappa shape index (κ1) is 13.5. The highest BCUT2D eigenvalue weighted by Gasteiger charge is 2.38. The summed E-state index contributed by atoms with van der Waals surface area (Å²) in [6.45, 7) is 3.62. The SMILES string of the molecule is COC1(C(N)Cc2ccccc2C)CCOCC1. The van der Waals surface area contributed by atoms with Gasteiger partial charge in [0, 0.05) is 39.2 Å². The number of benzene rings is 1. The molecule has 1 atom stereocenters. The molecule has 1 aliphatic rings. The molecule has 0 bridgehead atoms. The zero-order valence-corrected chi connectivity index (χ0v) is 11.3. The van der Waals surface area contributed by atoms with Gasteiger partial charge in [-0.25, -0.2) is 0 Å². The third kappa shape index (κ3) is 2.74. The molecule has 0 aliphatic carbocycles. The topological polar surface area (TPSA) is 44.5 Å². The van der Waals surface area contributed by atoms with Crippen LogP contribution in [0.15, 0.2) is 24.3 Å². The van der Waals surface area contributed by atoms with E-state index < -0.39 is 0 Å². The molecule has 18 heavy (non-hydrogen) atoms. The highest BCUT2D eigenvalue weighted by Crippen LogP contribution is 2.29. The van der Waals surface area contributed by atoms with E-state index in [4.69, 9.17) is 15.2 Å². The van der Waals surface area contributed by atoms with Gasteiger partial charge in [-0.05, 0) is 24.5 Å². The van der Waals surface area contributed by atoms with Crippen LogP contribution in [-0.2, 0) is 15.9 Å². The molecule has 2 rings (SSSR count). The largest absolute Gasteiger partial charge is 0.381 e. The molecule has 0 amide bonds. The first-order chi connectivity index (χ1) is 8.68. The van der Waals surface area contributed by atoms with Gasteiger partial charge in [0.05, 0.1) is 5.60 Å². The maximum atomic E-state index is 6.41. The zero-order chi connectivity index (χ0) is 13.0. The Morgan fingerprint density at radius 3 is 2.61 bits per heavy atom. The van der Waals surface area contributed by atoms with E-state index in [0.29, 0.717) is 0 Å². The van der Waals surface area contributed by atoms with Crippen molar-refractivity contribution in [1.29, 1.82) is 0 Å². The van der Waals surface area contributed by atoms with E-state index in [0.717, 1.165) is 32.5 Å². The van der Waals surface area contributed by atoms with Crippen molar-refractivity contribution in [2.24, 2.45) is 5.73 Å². The van der Waals surface area contributed by atoms with Gasteiger partial charge in [0.1, 0.15) is 0 Å². The summed E-state index contributed by atoms with van der Waals surface area (Å²) in [5.74, 6) is 0.